The van der Waals surface area contributed by atoms with Crippen LogP contribution in [0.4, 0.5) is 10.7 Å². The van der Waals surface area contributed by atoms with Gasteiger partial charge in [0.1, 0.15) is 4.88 Å². The van der Waals surface area contributed by atoms with E-state index in [0.29, 0.717) is 16.0 Å². The minimum atomic E-state index is -0.00924. The molecule has 0 unspecified atom stereocenters. The first kappa shape index (κ1) is 14.2. The zero-order chi connectivity index (χ0) is 14.2. The van der Waals surface area contributed by atoms with Crippen molar-refractivity contribution in [2.24, 2.45) is 5.41 Å². The molecule has 1 aliphatic heterocycles. The van der Waals surface area contributed by atoms with Crippen LogP contribution in [0.25, 0.3) is 0 Å². The number of amides is 1. The number of nitrogen functional groups attached to an aromatic ring is 1. The Morgan fingerprint density at radius 3 is 2.74 bits per heavy atom. The first-order valence-corrected chi connectivity index (χ1v) is 7.48. The molecule has 1 fully saturated rings. The highest BCUT2D eigenvalue weighted by Gasteiger charge is 2.28. The minimum Gasteiger partial charge on any atom is -0.397 e. The summed E-state index contributed by atoms with van der Waals surface area (Å²) in [6.07, 6.45) is 2.45. The maximum Gasteiger partial charge on any atom is 0.265 e. The molecule has 5 heteroatoms. The average molecular weight is 281 g/mol. The van der Waals surface area contributed by atoms with Crippen molar-refractivity contribution >= 4 is 27.9 Å². The van der Waals surface area contributed by atoms with Crippen LogP contribution in [0.15, 0.2) is 6.07 Å². The van der Waals surface area contributed by atoms with Gasteiger partial charge in [0.05, 0.1) is 10.7 Å². The van der Waals surface area contributed by atoms with Crippen molar-refractivity contribution in [2.45, 2.75) is 26.7 Å². The van der Waals surface area contributed by atoms with Gasteiger partial charge in [-0.1, -0.05) is 13.8 Å². The van der Waals surface area contributed by atoms with Gasteiger partial charge in [0.15, 0.2) is 0 Å². The third-order valence-electron chi connectivity index (χ3n) is 3.56. The maximum absolute atomic E-state index is 12.0. The van der Waals surface area contributed by atoms with Crippen molar-refractivity contribution < 1.29 is 4.79 Å². The van der Waals surface area contributed by atoms with Gasteiger partial charge in [0.25, 0.3) is 5.91 Å². The smallest absolute Gasteiger partial charge is 0.265 e. The monoisotopic (exact) mass is 281 g/mol. The highest BCUT2D eigenvalue weighted by Crippen LogP contribution is 2.37. The number of carbonyl (C=O) groups is 1. The second-order valence-corrected chi connectivity index (χ2v) is 7.29. The Bertz CT molecular complexity index is 479. The van der Waals surface area contributed by atoms with Gasteiger partial charge in [-0.05, 0) is 24.3 Å². The lowest BCUT2D eigenvalue weighted by atomic mass is 9.84. The standard InChI is InChI=1S/C14H23N3OS/c1-14(2)6-5-7-17(9-14)11-8-10(15)12(19-11)13(18)16(3)4/h8H,5-7,9,15H2,1-4H3. The van der Waals surface area contributed by atoms with Crippen LogP contribution < -0.4 is 10.6 Å². The molecule has 2 rings (SSSR count). The molecule has 0 atom stereocenters. The Morgan fingerprint density at radius 1 is 1.47 bits per heavy atom. The molecule has 1 aromatic rings. The Labute approximate surface area is 119 Å². The van der Waals surface area contributed by atoms with Crippen molar-refractivity contribution in [3.05, 3.63) is 10.9 Å². The summed E-state index contributed by atoms with van der Waals surface area (Å²) in [6, 6.07) is 1.95. The molecule has 0 saturated carbocycles. The fourth-order valence-corrected chi connectivity index (χ4v) is 3.66. The lowest BCUT2D eigenvalue weighted by Gasteiger charge is -2.38. The van der Waals surface area contributed by atoms with E-state index in [9.17, 15) is 4.79 Å². The second kappa shape index (κ2) is 5.04. The molecule has 1 amide bonds. The van der Waals surface area contributed by atoms with Crippen molar-refractivity contribution in [2.75, 3.05) is 37.8 Å². The lowest BCUT2D eigenvalue weighted by molar-refractivity contribution is 0.0833. The topological polar surface area (TPSA) is 49.6 Å². The van der Waals surface area contributed by atoms with E-state index in [1.807, 2.05) is 6.07 Å². The van der Waals surface area contributed by atoms with Gasteiger partial charge in [0, 0.05) is 27.2 Å². The Balaban J connectivity index is 2.22. The summed E-state index contributed by atoms with van der Waals surface area (Å²) >= 11 is 1.51. The SMILES string of the molecule is CN(C)C(=O)c1sc(N2CCCC(C)(C)C2)cc1N. The molecule has 2 N–H and O–H groups in total. The summed E-state index contributed by atoms with van der Waals surface area (Å²) in [5.74, 6) is -0.00924. The quantitative estimate of drug-likeness (QED) is 0.906. The van der Waals surface area contributed by atoms with E-state index < -0.39 is 0 Å². The molecule has 0 bridgehead atoms. The summed E-state index contributed by atoms with van der Waals surface area (Å²) in [6.45, 7) is 6.67. The van der Waals surface area contributed by atoms with E-state index in [4.69, 9.17) is 5.73 Å². The molecule has 0 radical (unpaired) electrons. The van der Waals surface area contributed by atoms with Gasteiger partial charge >= 0.3 is 0 Å². The summed E-state index contributed by atoms with van der Waals surface area (Å²) in [5.41, 5.74) is 6.93. The van der Waals surface area contributed by atoms with Crippen LogP contribution >= 0.6 is 11.3 Å². The second-order valence-electron chi connectivity index (χ2n) is 6.26. The molecule has 4 nitrogen and oxygen atoms in total. The fraction of sp³-hybridized carbons (Fsp3) is 0.643. The summed E-state index contributed by atoms with van der Waals surface area (Å²) in [7, 11) is 3.51. The number of hydrogen-bond donors (Lipinski definition) is 1. The van der Waals surface area contributed by atoms with Gasteiger partial charge in [-0.15, -0.1) is 11.3 Å². The predicted octanol–water partition coefficient (Wildman–Crippen LogP) is 2.66. The number of piperidine rings is 1. The van der Waals surface area contributed by atoms with Crippen molar-refractivity contribution in [3.63, 3.8) is 0 Å². The van der Waals surface area contributed by atoms with Gasteiger partial charge in [0.2, 0.25) is 0 Å². The fourth-order valence-electron chi connectivity index (χ4n) is 2.53. The van der Waals surface area contributed by atoms with Crippen molar-refractivity contribution in [1.82, 2.24) is 4.90 Å². The van der Waals surface area contributed by atoms with E-state index in [1.54, 1.807) is 19.0 Å². The average Bonchev–Trinajstić information content (AvgIpc) is 2.69. The van der Waals surface area contributed by atoms with E-state index in [1.165, 1.54) is 24.2 Å². The molecular formula is C14H23N3OS. The third kappa shape index (κ3) is 3.03. The van der Waals surface area contributed by atoms with Crippen LogP contribution in [0.2, 0.25) is 0 Å². The number of rotatable bonds is 2. The zero-order valence-corrected chi connectivity index (χ0v) is 13.0. The van der Waals surface area contributed by atoms with Crippen LogP contribution in [0, 0.1) is 5.41 Å². The molecule has 106 valence electrons. The molecular weight excluding hydrogens is 258 g/mol. The molecule has 1 aromatic heterocycles. The zero-order valence-electron chi connectivity index (χ0n) is 12.2. The van der Waals surface area contributed by atoms with Gasteiger partial charge in [-0.3, -0.25) is 4.79 Å². The molecule has 0 aromatic carbocycles. The van der Waals surface area contributed by atoms with Crippen LogP contribution in [0.1, 0.15) is 36.4 Å². The lowest BCUT2D eigenvalue weighted by Crippen LogP contribution is -2.39. The van der Waals surface area contributed by atoms with E-state index >= 15 is 0 Å². The molecule has 0 spiro atoms. The predicted molar refractivity (Wildman–Crippen MR) is 82.0 cm³/mol. The maximum atomic E-state index is 12.0. The normalized spacial score (nSPS) is 18.4. The number of carbonyl (C=O) groups excluding carboxylic acids is 1. The van der Waals surface area contributed by atoms with Crippen LogP contribution in [-0.4, -0.2) is 38.0 Å². The van der Waals surface area contributed by atoms with Crippen LogP contribution in [-0.2, 0) is 0 Å². The highest BCUT2D eigenvalue weighted by molar-refractivity contribution is 7.18. The van der Waals surface area contributed by atoms with Crippen LogP contribution in [0.5, 0.6) is 0 Å². The van der Waals surface area contributed by atoms with Crippen molar-refractivity contribution in [1.29, 1.82) is 0 Å². The Morgan fingerprint density at radius 2 is 2.16 bits per heavy atom. The van der Waals surface area contributed by atoms with Crippen LogP contribution in [0.3, 0.4) is 0 Å². The summed E-state index contributed by atoms with van der Waals surface area (Å²) < 4.78 is 0. The minimum absolute atomic E-state index is 0.00924. The molecule has 0 aliphatic carbocycles. The third-order valence-corrected chi connectivity index (χ3v) is 4.76. The van der Waals surface area contributed by atoms with Gasteiger partial charge < -0.3 is 15.5 Å². The first-order chi connectivity index (χ1) is 8.80. The van der Waals surface area contributed by atoms with E-state index in [0.717, 1.165) is 18.1 Å². The summed E-state index contributed by atoms with van der Waals surface area (Å²) in [5, 5.41) is 1.12. The van der Waals surface area contributed by atoms with Gasteiger partial charge in [-0.2, -0.15) is 0 Å². The summed E-state index contributed by atoms with van der Waals surface area (Å²) in [4.78, 5) is 16.6. The Hall–Kier alpha value is -1.23. The molecule has 1 saturated heterocycles. The van der Waals surface area contributed by atoms with Gasteiger partial charge in [-0.25, -0.2) is 0 Å². The number of nitrogens with zero attached hydrogens (tertiary/aromatic N) is 2. The van der Waals surface area contributed by atoms with E-state index in [-0.39, 0.29) is 5.91 Å². The highest BCUT2D eigenvalue weighted by atomic mass is 32.1. The molecule has 2 heterocycles. The number of anilines is 2. The molecule has 19 heavy (non-hydrogen) atoms. The largest absolute Gasteiger partial charge is 0.397 e. The Kier molecular flexibility index (Phi) is 3.76. The van der Waals surface area contributed by atoms with E-state index in [2.05, 4.69) is 18.7 Å². The number of hydrogen-bond acceptors (Lipinski definition) is 4. The number of thiophene rings is 1. The number of nitrogens with two attached hydrogens (primary N) is 1. The first-order valence-electron chi connectivity index (χ1n) is 6.66. The molecule has 1 aliphatic rings. The van der Waals surface area contributed by atoms with Crippen molar-refractivity contribution in [3.8, 4) is 0 Å².